The highest BCUT2D eigenvalue weighted by Gasteiger charge is 2.42. The molecule has 0 aliphatic carbocycles. The number of halogens is 4. The molecule has 0 aromatic heterocycles. The zero-order valence-corrected chi connectivity index (χ0v) is 20.6. The fourth-order valence-corrected chi connectivity index (χ4v) is 5.64. The molecule has 2 aromatic rings. The largest absolute Gasteiger partial charge is 0.416 e. The molecule has 5 rings (SSSR count). The summed E-state index contributed by atoms with van der Waals surface area (Å²) in [5.41, 5.74) is 1.63. The summed E-state index contributed by atoms with van der Waals surface area (Å²) in [7, 11) is 0. The molecule has 2 unspecified atom stereocenters. The van der Waals surface area contributed by atoms with E-state index < -0.39 is 17.7 Å². The maximum absolute atomic E-state index is 13.4. The first-order valence-corrected chi connectivity index (χ1v) is 12.8. The number of rotatable bonds is 6. The fourth-order valence-electron chi connectivity index (χ4n) is 5.64. The van der Waals surface area contributed by atoms with Crippen molar-refractivity contribution in [2.45, 2.75) is 25.2 Å². The first kappa shape index (κ1) is 25.9. The summed E-state index contributed by atoms with van der Waals surface area (Å²) >= 11 is 0. The van der Waals surface area contributed by atoms with Gasteiger partial charge in [0.1, 0.15) is 5.82 Å². The third-order valence-electron chi connectivity index (χ3n) is 7.61. The van der Waals surface area contributed by atoms with Crippen molar-refractivity contribution in [3.63, 3.8) is 0 Å². The minimum atomic E-state index is -4.43. The molecule has 1 N–H and O–H groups in total. The molecule has 0 radical (unpaired) electrons. The van der Waals surface area contributed by atoms with E-state index in [1.165, 1.54) is 18.2 Å². The number of benzene rings is 2. The van der Waals surface area contributed by atoms with Crippen molar-refractivity contribution < 1.29 is 27.1 Å². The molecule has 3 heterocycles. The second-order valence-electron chi connectivity index (χ2n) is 10.0. The molecule has 2 saturated heterocycles. The van der Waals surface area contributed by atoms with Gasteiger partial charge in [-0.05, 0) is 47.9 Å². The summed E-state index contributed by atoms with van der Waals surface area (Å²) in [4.78, 5) is 20.0. The first-order chi connectivity index (χ1) is 17.8. The van der Waals surface area contributed by atoms with E-state index in [-0.39, 0.29) is 24.2 Å². The van der Waals surface area contributed by atoms with Gasteiger partial charge in [-0.3, -0.25) is 14.6 Å². The second-order valence-corrected chi connectivity index (χ2v) is 10.0. The Morgan fingerprint density at radius 3 is 2.49 bits per heavy atom. The lowest BCUT2D eigenvalue weighted by Crippen LogP contribution is -2.61. The summed E-state index contributed by atoms with van der Waals surface area (Å²) in [5.74, 6) is -0.892. The van der Waals surface area contributed by atoms with E-state index in [0.717, 1.165) is 30.4 Å². The van der Waals surface area contributed by atoms with E-state index in [1.807, 2.05) is 0 Å². The standard InChI is InChI=1S/C27H32F4N4O2/c28-22-4-1-19(2-5-22)17-34-9-10-35-24-6-3-21(27(29,30)31)15-20(24)16-23(25(35)18-34)26(36)32-7-8-33-11-13-37-14-12-33/h1-6,15,23,25H,7-14,16-18H2,(H,32,36). The molecule has 0 saturated carbocycles. The monoisotopic (exact) mass is 520 g/mol. The average Bonchev–Trinajstić information content (AvgIpc) is 2.89. The number of morpholine rings is 1. The Bertz CT molecular complexity index is 1090. The quantitative estimate of drug-likeness (QED) is 0.594. The SMILES string of the molecule is O=C(NCCN1CCOCC1)C1Cc2cc(C(F)(F)F)ccc2N2CCN(Cc3ccc(F)cc3)CC12. The van der Waals surface area contributed by atoms with E-state index in [9.17, 15) is 22.4 Å². The molecule has 3 aliphatic rings. The van der Waals surface area contributed by atoms with Gasteiger partial charge >= 0.3 is 6.18 Å². The fraction of sp³-hybridized carbons (Fsp3) is 0.519. The van der Waals surface area contributed by atoms with E-state index in [4.69, 9.17) is 4.74 Å². The summed E-state index contributed by atoms with van der Waals surface area (Å²) in [6, 6.07) is 10.1. The van der Waals surface area contributed by atoms with E-state index in [0.29, 0.717) is 58.0 Å². The highest BCUT2D eigenvalue weighted by Crippen LogP contribution is 2.40. The predicted octanol–water partition coefficient (Wildman–Crippen LogP) is 3.16. The van der Waals surface area contributed by atoms with Crippen LogP contribution in [0, 0.1) is 11.7 Å². The van der Waals surface area contributed by atoms with Gasteiger partial charge in [0.05, 0.1) is 30.7 Å². The van der Waals surface area contributed by atoms with Crippen LogP contribution in [0.25, 0.3) is 0 Å². The number of hydrogen-bond donors (Lipinski definition) is 1. The van der Waals surface area contributed by atoms with Crippen molar-refractivity contribution in [2.75, 3.05) is 63.9 Å². The summed E-state index contributed by atoms with van der Waals surface area (Å²) in [6.07, 6.45) is -4.18. The topological polar surface area (TPSA) is 48.1 Å². The van der Waals surface area contributed by atoms with Crippen LogP contribution < -0.4 is 10.2 Å². The lowest BCUT2D eigenvalue weighted by atomic mass is 9.82. The lowest BCUT2D eigenvalue weighted by Gasteiger charge is -2.49. The van der Waals surface area contributed by atoms with Gasteiger partial charge in [-0.1, -0.05) is 12.1 Å². The number of amides is 1. The van der Waals surface area contributed by atoms with Crippen LogP contribution in [0.5, 0.6) is 0 Å². The molecule has 0 spiro atoms. The number of alkyl halides is 3. The minimum absolute atomic E-state index is 0.130. The predicted molar refractivity (Wildman–Crippen MR) is 132 cm³/mol. The normalized spacial score (nSPS) is 22.9. The van der Waals surface area contributed by atoms with Crippen LogP contribution in [0.1, 0.15) is 16.7 Å². The van der Waals surface area contributed by atoms with Crippen molar-refractivity contribution in [3.05, 3.63) is 65.0 Å². The first-order valence-electron chi connectivity index (χ1n) is 12.8. The number of nitrogens with zero attached hydrogens (tertiary/aromatic N) is 3. The molecule has 2 fully saturated rings. The van der Waals surface area contributed by atoms with Crippen molar-refractivity contribution in [1.29, 1.82) is 0 Å². The van der Waals surface area contributed by atoms with Crippen molar-refractivity contribution in [2.24, 2.45) is 5.92 Å². The molecular weight excluding hydrogens is 488 g/mol. The molecule has 6 nitrogen and oxygen atoms in total. The maximum atomic E-state index is 13.4. The van der Waals surface area contributed by atoms with Crippen LogP contribution in [0.4, 0.5) is 23.2 Å². The van der Waals surface area contributed by atoms with E-state index >= 15 is 0 Å². The number of ether oxygens (including phenoxy) is 1. The lowest BCUT2D eigenvalue weighted by molar-refractivity contribution is -0.137. The van der Waals surface area contributed by atoms with Gasteiger partial charge in [0, 0.05) is 58.0 Å². The Labute approximate surface area is 214 Å². The smallest absolute Gasteiger partial charge is 0.379 e. The Hall–Kier alpha value is -2.69. The van der Waals surface area contributed by atoms with Crippen LogP contribution in [0.2, 0.25) is 0 Å². The van der Waals surface area contributed by atoms with Gasteiger partial charge in [-0.25, -0.2) is 4.39 Å². The summed E-state index contributed by atoms with van der Waals surface area (Å²) < 4.78 is 59.0. The highest BCUT2D eigenvalue weighted by atomic mass is 19.4. The summed E-state index contributed by atoms with van der Waals surface area (Å²) in [6.45, 7) is 6.70. The molecule has 0 bridgehead atoms. The Morgan fingerprint density at radius 2 is 1.76 bits per heavy atom. The average molecular weight is 521 g/mol. The van der Waals surface area contributed by atoms with Crippen molar-refractivity contribution in [3.8, 4) is 0 Å². The van der Waals surface area contributed by atoms with Crippen molar-refractivity contribution in [1.82, 2.24) is 15.1 Å². The number of fused-ring (bicyclic) bond motifs is 3. The van der Waals surface area contributed by atoms with Gasteiger partial charge in [-0.15, -0.1) is 0 Å². The maximum Gasteiger partial charge on any atom is 0.416 e. The number of hydrogen-bond acceptors (Lipinski definition) is 5. The third kappa shape index (κ3) is 6.08. The molecule has 200 valence electrons. The second kappa shape index (κ2) is 11.0. The molecule has 2 aromatic carbocycles. The number of carbonyl (C=O) groups is 1. The molecule has 10 heteroatoms. The van der Waals surface area contributed by atoms with Gasteiger partial charge in [-0.2, -0.15) is 13.2 Å². The summed E-state index contributed by atoms with van der Waals surface area (Å²) in [5, 5.41) is 3.05. The van der Waals surface area contributed by atoms with Crippen LogP contribution in [0.3, 0.4) is 0 Å². The Balaban J connectivity index is 1.33. The highest BCUT2D eigenvalue weighted by molar-refractivity contribution is 5.82. The van der Waals surface area contributed by atoms with Gasteiger partial charge in [0.15, 0.2) is 0 Å². The number of anilines is 1. The van der Waals surface area contributed by atoms with E-state index in [2.05, 4.69) is 20.0 Å². The van der Waals surface area contributed by atoms with Crippen LogP contribution >= 0.6 is 0 Å². The number of carbonyl (C=O) groups excluding carboxylic acids is 1. The minimum Gasteiger partial charge on any atom is -0.379 e. The molecule has 37 heavy (non-hydrogen) atoms. The zero-order valence-electron chi connectivity index (χ0n) is 20.6. The Morgan fingerprint density at radius 1 is 1.00 bits per heavy atom. The van der Waals surface area contributed by atoms with Gasteiger partial charge in [0.2, 0.25) is 5.91 Å². The zero-order chi connectivity index (χ0) is 26.0. The molecular formula is C27H32F4N4O2. The molecule has 1 amide bonds. The van der Waals surface area contributed by atoms with Gasteiger partial charge in [0.25, 0.3) is 0 Å². The van der Waals surface area contributed by atoms with Crippen molar-refractivity contribution >= 4 is 11.6 Å². The Kier molecular flexibility index (Phi) is 7.69. The van der Waals surface area contributed by atoms with Gasteiger partial charge < -0.3 is 15.0 Å². The molecule has 3 aliphatic heterocycles. The molecule has 2 atom stereocenters. The van der Waals surface area contributed by atoms with Crippen LogP contribution in [-0.2, 0) is 28.7 Å². The van der Waals surface area contributed by atoms with Crippen LogP contribution in [0.15, 0.2) is 42.5 Å². The number of piperazine rings is 1. The van der Waals surface area contributed by atoms with E-state index in [1.54, 1.807) is 18.2 Å². The van der Waals surface area contributed by atoms with Crippen LogP contribution in [-0.4, -0.2) is 80.8 Å². The number of nitrogens with one attached hydrogen (secondary N) is 1. The third-order valence-corrected chi connectivity index (χ3v) is 7.61.